The minimum absolute atomic E-state index is 0.327. The van der Waals surface area contributed by atoms with Gasteiger partial charge in [-0.2, -0.15) is 0 Å². The van der Waals surface area contributed by atoms with Crippen molar-refractivity contribution in [3.05, 3.63) is 47.8 Å². The maximum atomic E-state index is 11.4. The molecule has 4 heteroatoms. The van der Waals surface area contributed by atoms with Gasteiger partial charge in [-0.05, 0) is 48.7 Å². The molecule has 1 heterocycles. The zero-order chi connectivity index (χ0) is 16.1. The molecule has 0 spiro atoms. The van der Waals surface area contributed by atoms with Crippen molar-refractivity contribution in [1.82, 2.24) is 4.98 Å². The Labute approximate surface area is 131 Å². The summed E-state index contributed by atoms with van der Waals surface area (Å²) in [5.74, 6) is -0.894. The fourth-order valence-corrected chi connectivity index (χ4v) is 2.60. The lowest BCUT2D eigenvalue weighted by Crippen LogP contribution is -2.20. The molecular formula is C18H22N2O2. The lowest BCUT2D eigenvalue weighted by molar-refractivity contribution is 0.0697. The van der Waals surface area contributed by atoms with Gasteiger partial charge < -0.3 is 10.0 Å². The monoisotopic (exact) mass is 298 g/mol. The van der Waals surface area contributed by atoms with Crippen LogP contribution in [-0.2, 0) is 0 Å². The van der Waals surface area contributed by atoms with Gasteiger partial charge in [0.15, 0.2) is 0 Å². The maximum Gasteiger partial charge on any atom is 0.335 e. The molecule has 1 N–H and O–H groups in total. The number of benzene rings is 1. The zero-order valence-corrected chi connectivity index (χ0v) is 13.3. The molecule has 0 bridgehead atoms. The van der Waals surface area contributed by atoms with Crippen LogP contribution >= 0.6 is 0 Å². The zero-order valence-electron chi connectivity index (χ0n) is 13.3. The standard InChI is InChI=1S/C18H22N2O2/c1-4-5-10-20(3)16-12-15(18(21)22)11-13(2)17(16)14-6-8-19-9-7-14/h6-9,11-12H,4-5,10H2,1-3H3,(H,21,22). The summed E-state index contributed by atoms with van der Waals surface area (Å²) >= 11 is 0. The van der Waals surface area contributed by atoms with E-state index < -0.39 is 5.97 Å². The first-order valence-corrected chi connectivity index (χ1v) is 7.54. The van der Waals surface area contributed by atoms with Crippen LogP contribution in [0.1, 0.15) is 35.7 Å². The molecule has 0 aliphatic heterocycles. The number of rotatable bonds is 6. The van der Waals surface area contributed by atoms with Gasteiger partial charge in [-0.3, -0.25) is 4.98 Å². The Hall–Kier alpha value is -2.36. The van der Waals surface area contributed by atoms with Crippen molar-refractivity contribution in [3.8, 4) is 11.1 Å². The highest BCUT2D eigenvalue weighted by Crippen LogP contribution is 2.34. The van der Waals surface area contributed by atoms with E-state index in [1.807, 2.05) is 26.1 Å². The number of aromatic nitrogens is 1. The first kappa shape index (κ1) is 16.0. The Kier molecular flexibility index (Phi) is 5.15. The number of carboxylic acid groups (broad SMARTS) is 1. The predicted octanol–water partition coefficient (Wildman–Crippen LogP) is 3.99. The van der Waals surface area contributed by atoms with Crippen molar-refractivity contribution >= 4 is 11.7 Å². The third kappa shape index (κ3) is 3.45. The molecule has 0 aliphatic rings. The van der Waals surface area contributed by atoms with Gasteiger partial charge in [0.1, 0.15) is 0 Å². The molecule has 0 unspecified atom stereocenters. The molecule has 1 aromatic heterocycles. The highest BCUT2D eigenvalue weighted by molar-refractivity contribution is 5.93. The number of hydrogen-bond donors (Lipinski definition) is 1. The molecule has 116 valence electrons. The summed E-state index contributed by atoms with van der Waals surface area (Å²) in [5.41, 5.74) is 4.38. The van der Waals surface area contributed by atoms with E-state index in [4.69, 9.17) is 0 Å². The van der Waals surface area contributed by atoms with Crippen molar-refractivity contribution in [2.45, 2.75) is 26.7 Å². The van der Waals surface area contributed by atoms with Crippen molar-refractivity contribution in [1.29, 1.82) is 0 Å². The second-order valence-corrected chi connectivity index (χ2v) is 5.50. The largest absolute Gasteiger partial charge is 0.478 e. The smallest absolute Gasteiger partial charge is 0.335 e. The van der Waals surface area contributed by atoms with Gasteiger partial charge in [0.2, 0.25) is 0 Å². The van der Waals surface area contributed by atoms with Gasteiger partial charge in [-0.15, -0.1) is 0 Å². The average molecular weight is 298 g/mol. The summed E-state index contributed by atoms with van der Waals surface area (Å²) in [7, 11) is 2.01. The average Bonchev–Trinajstić information content (AvgIpc) is 2.52. The highest BCUT2D eigenvalue weighted by atomic mass is 16.4. The van der Waals surface area contributed by atoms with Crippen molar-refractivity contribution in [2.24, 2.45) is 0 Å². The number of pyridine rings is 1. The predicted molar refractivity (Wildman–Crippen MR) is 89.5 cm³/mol. The minimum atomic E-state index is -0.894. The number of carbonyl (C=O) groups is 1. The van der Waals surface area contributed by atoms with E-state index in [9.17, 15) is 9.90 Å². The molecule has 0 fully saturated rings. The first-order chi connectivity index (χ1) is 10.5. The van der Waals surface area contributed by atoms with Crippen molar-refractivity contribution < 1.29 is 9.90 Å². The Balaban J connectivity index is 2.57. The van der Waals surface area contributed by atoms with Crippen LogP contribution < -0.4 is 4.90 Å². The fourth-order valence-electron chi connectivity index (χ4n) is 2.60. The van der Waals surface area contributed by atoms with Crippen molar-refractivity contribution in [2.75, 3.05) is 18.5 Å². The van der Waals surface area contributed by atoms with E-state index in [-0.39, 0.29) is 0 Å². The first-order valence-electron chi connectivity index (χ1n) is 7.54. The second-order valence-electron chi connectivity index (χ2n) is 5.50. The van der Waals surface area contributed by atoms with Crippen LogP contribution in [0.2, 0.25) is 0 Å². The van der Waals surface area contributed by atoms with Gasteiger partial charge in [0.25, 0.3) is 0 Å². The molecule has 0 saturated heterocycles. The van der Waals surface area contributed by atoms with Crippen LogP contribution in [0.5, 0.6) is 0 Å². The van der Waals surface area contributed by atoms with E-state index in [0.29, 0.717) is 5.56 Å². The Morgan fingerprint density at radius 1 is 1.27 bits per heavy atom. The molecule has 2 aromatic rings. The molecule has 22 heavy (non-hydrogen) atoms. The maximum absolute atomic E-state index is 11.4. The number of aryl methyl sites for hydroxylation is 1. The molecule has 0 atom stereocenters. The minimum Gasteiger partial charge on any atom is -0.478 e. The van der Waals surface area contributed by atoms with Gasteiger partial charge in [0, 0.05) is 37.2 Å². The quantitative estimate of drug-likeness (QED) is 0.876. The van der Waals surface area contributed by atoms with Gasteiger partial charge in [-0.25, -0.2) is 4.79 Å². The summed E-state index contributed by atoms with van der Waals surface area (Å²) in [4.78, 5) is 17.6. The molecule has 4 nitrogen and oxygen atoms in total. The molecular weight excluding hydrogens is 276 g/mol. The Morgan fingerprint density at radius 2 is 1.95 bits per heavy atom. The highest BCUT2D eigenvalue weighted by Gasteiger charge is 2.16. The van der Waals surface area contributed by atoms with E-state index in [0.717, 1.165) is 41.8 Å². The van der Waals surface area contributed by atoms with Gasteiger partial charge >= 0.3 is 5.97 Å². The Morgan fingerprint density at radius 3 is 2.55 bits per heavy atom. The molecule has 2 rings (SSSR count). The van der Waals surface area contributed by atoms with E-state index in [1.165, 1.54) is 0 Å². The summed E-state index contributed by atoms with van der Waals surface area (Å²) < 4.78 is 0. The van der Waals surface area contributed by atoms with E-state index >= 15 is 0 Å². The molecule has 0 radical (unpaired) electrons. The van der Waals surface area contributed by atoms with Crippen LogP contribution in [-0.4, -0.2) is 29.7 Å². The third-order valence-corrected chi connectivity index (χ3v) is 3.79. The molecule has 0 saturated carbocycles. The molecule has 1 aromatic carbocycles. The van der Waals surface area contributed by atoms with Crippen LogP contribution in [0.4, 0.5) is 5.69 Å². The number of aromatic carboxylic acids is 1. The molecule has 0 aliphatic carbocycles. The number of nitrogens with zero attached hydrogens (tertiary/aromatic N) is 2. The number of unbranched alkanes of at least 4 members (excludes halogenated alkanes) is 1. The Bertz CT molecular complexity index is 654. The number of carboxylic acids is 1. The normalized spacial score (nSPS) is 10.5. The summed E-state index contributed by atoms with van der Waals surface area (Å²) in [6, 6.07) is 7.41. The molecule has 0 amide bonds. The second kappa shape index (κ2) is 7.07. The lowest BCUT2D eigenvalue weighted by atomic mass is 9.96. The summed E-state index contributed by atoms with van der Waals surface area (Å²) in [6.45, 7) is 5.01. The topological polar surface area (TPSA) is 53.4 Å². The lowest BCUT2D eigenvalue weighted by Gasteiger charge is -2.24. The summed E-state index contributed by atoms with van der Waals surface area (Å²) in [5, 5.41) is 9.32. The van der Waals surface area contributed by atoms with Crippen LogP contribution in [0.3, 0.4) is 0 Å². The van der Waals surface area contributed by atoms with Gasteiger partial charge in [-0.1, -0.05) is 13.3 Å². The van der Waals surface area contributed by atoms with Crippen LogP contribution in [0.15, 0.2) is 36.7 Å². The fraction of sp³-hybridized carbons (Fsp3) is 0.333. The van der Waals surface area contributed by atoms with Crippen LogP contribution in [0.25, 0.3) is 11.1 Å². The number of anilines is 1. The SMILES string of the molecule is CCCCN(C)c1cc(C(=O)O)cc(C)c1-c1ccncc1. The van der Waals surface area contributed by atoms with Gasteiger partial charge in [0.05, 0.1) is 5.56 Å². The summed E-state index contributed by atoms with van der Waals surface area (Å²) in [6.07, 6.45) is 5.70. The van der Waals surface area contributed by atoms with E-state index in [2.05, 4.69) is 16.8 Å². The number of hydrogen-bond acceptors (Lipinski definition) is 3. The van der Waals surface area contributed by atoms with Crippen LogP contribution in [0, 0.1) is 6.92 Å². The van der Waals surface area contributed by atoms with Crippen molar-refractivity contribution in [3.63, 3.8) is 0 Å². The van der Waals surface area contributed by atoms with E-state index in [1.54, 1.807) is 24.5 Å². The third-order valence-electron chi connectivity index (χ3n) is 3.79.